The summed E-state index contributed by atoms with van der Waals surface area (Å²) in [6.07, 6.45) is 5.92. The molecule has 0 amide bonds. The monoisotopic (exact) mass is 488 g/mol. The van der Waals surface area contributed by atoms with Gasteiger partial charge in [-0.05, 0) is 12.5 Å². The Morgan fingerprint density at radius 2 is 1.26 bits per heavy atom. The largest absolute Gasteiger partial charge is 0.299 e. The summed E-state index contributed by atoms with van der Waals surface area (Å²) in [4.78, 5) is 25.9. The third-order valence-corrected chi connectivity index (χ3v) is 2.63. The zero-order chi connectivity index (χ0) is 13.4. The molecule has 0 aliphatic carbocycles. The van der Waals surface area contributed by atoms with Crippen molar-refractivity contribution < 1.29 is 27.7 Å². The van der Waals surface area contributed by atoms with Gasteiger partial charge in [-0.3, -0.25) is 19.6 Å². The Morgan fingerprint density at radius 1 is 0.895 bits per heavy atom. The third kappa shape index (κ3) is 7.43. The van der Waals surface area contributed by atoms with E-state index in [2.05, 4.69) is 30.4 Å². The Hall–Kier alpha value is -0.745. The molecule has 11 heteroatoms. The van der Waals surface area contributed by atoms with Gasteiger partial charge in [0, 0.05) is 27.7 Å². The van der Waals surface area contributed by atoms with Crippen LogP contribution in [0.15, 0.2) is 32.3 Å². The van der Waals surface area contributed by atoms with E-state index in [1.165, 1.54) is 23.5 Å². The second-order valence-corrected chi connectivity index (χ2v) is 4.28. The van der Waals surface area contributed by atoms with Gasteiger partial charge in [0.15, 0.2) is 10.3 Å². The van der Waals surface area contributed by atoms with Gasteiger partial charge in [0.1, 0.15) is 12.4 Å². The minimum Gasteiger partial charge on any atom is -0.299 e. The van der Waals surface area contributed by atoms with E-state index in [1.54, 1.807) is 0 Å². The van der Waals surface area contributed by atoms with Crippen molar-refractivity contribution in [1.82, 2.24) is 30.4 Å². The zero-order valence-corrected chi connectivity index (χ0v) is 17.4. The molecule has 0 spiro atoms. The molecule has 0 bridgehead atoms. The maximum absolute atomic E-state index is 10.5. The van der Waals surface area contributed by atoms with E-state index in [4.69, 9.17) is 0 Å². The van der Waals surface area contributed by atoms with Gasteiger partial charge in [-0.25, -0.2) is 0 Å². The van der Waals surface area contributed by atoms with Crippen LogP contribution in [-0.4, -0.2) is 42.9 Å². The molecule has 0 fully saturated rings. The zero-order valence-electron chi connectivity index (χ0n) is 10.3. The molecule has 0 saturated carbocycles. The van der Waals surface area contributed by atoms with Gasteiger partial charge in [-0.15, -0.1) is 10.2 Å². The van der Waals surface area contributed by atoms with Gasteiger partial charge in [0.05, 0.1) is 0 Å². The summed E-state index contributed by atoms with van der Waals surface area (Å²) in [5, 5.41) is 15.2. The van der Waals surface area contributed by atoms with Crippen LogP contribution in [0.2, 0.25) is 0 Å². The van der Waals surface area contributed by atoms with E-state index in [0.29, 0.717) is 10.3 Å². The molecule has 0 unspecified atom stereocenters. The SMILES string of the molecule is CSc1nncc(=O)[nH]1.CSc1nncc(=O)[nH]1.[Hg]. The average Bonchev–Trinajstić information content (AvgIpc) is 2.39. The van der Waals surface area contributed by atoms with E-state index >= 15 is 0 Å². The molecule has 19 heavy (non-hydrogen) atoms. The molecule has 2 N–H and O–H groups in total. The summed E-state index contributed by atoms with van der Waals surface area (Å²) >= 11 is 2.71. The quantitative estimate of drug-likeness (QED) is 0.441. The molecule has 2 heterocycles. The number of nitrogens with zero attached hydrogens (tertiary/aromatic N) is 4. The predicted molar refractivity (Wildman–Crippen MR) is 68.9 cm³/mol. The fraction of sp³-hybridized carbons (Fsp3) is 0.250. The standard InChI is InChI=1S/2C4H5N3OS.Hg/c2*1-9-4-6-3(8)2-5-7-4;/h2*2H,1H3,(H,6,7,8);. The number of nitrogens with one attached hydrogen (secondary N) is 2. The Kier molecular flexibility index (Phi) is 9.70. The van der Waals surface area contributed by atoms with Crippen LogP contribution in [0.3, 0.4) is 0 Å². The number of aromatic amines is 2. The van der Waals surface area contributed by atoms with Crippen molar-refractivity contribution in [3.8, 4) is 0 Å². The number of rotatable bonds is 2. The molecule has 98 valence electrons. The van der Waals surface area contributed by atoms with Gasteiger partial charge < -0.3 is 0 Å². The van der Waals surface area contributed by atoms with Crippen LogP contribution in [0.5, 0.6) is 0 Å². The molecule has 0 saturated heterocycles. The minimum absolute atomic E-state index is 0. The van der Waals surface area contributed by atoms with E-state index in [9.17, 15) is 9.59 Å². The van der Waals surface area contributed by atoms with Crippen molar-refractivity contribution in [2.75, 3.05) is 12.5 Å². The molecule has 2 rings (SSSR count). The van der Waals surface area contributed by atoms with Crippen molar-refractivity contribution in [3.63, 3.8) is 0 Å². The van der Waals surface area contributed by atoms with Crippen LogP contribution in [0.25, 0.3) is 0 Å². The third-order valence-electron chi connectivity index (χ3n) is 1.49. The summed E-state index contributed by atoms with van der Waals surface area (Å²) in [5.74, 6) is 0. The first kappa shape index (κ1) is 18.3. The van der Waals surface area contributed by atoms with Crippen LogP contribution in [0, 0.1) is 0 Å². The van der Waals surface area contributed by atoms with Crippen molar-refractivity contribution in [3.05, 3.63) is 33.1 Å². The van der Waals surface area contributed by atoms with E-state index < -0.39 is 0 Å². The topological polar surface area (TPSA) is 117 Å². The Labute approximate surface area is 137 Å². The number of hydrogen-bond donors (Lipinski definition) is 2. The van der Waals surface area contributed by atoms with Crippen LogP contribution >= 0.6 is 23.5 Å². The van der Waals surface area contributed by atoms with Crippen molar-refractivity contribution in [1.29, 1.82) is 0 Å². The van der Waals surface area contributed by atoms with Gasteiger partial charge in [-0.1, -0.05) is 23.5 Å². The fourth-order valence-corrected chi connectivity index (χ4v) is 1.44. The first-order chi connectivity index (χ1) is 8.65. The Morgan fingerprint density at radius 3 is 1.47 bits per heavy atom. The second-order valence-electron chi connectivity index (χ2n) is 2.69. The smallest absolute Gasteiger partial charge is 0.270 e. The van der Waals surface area contributed by atoms with Crippen LogP contribution in [-0.2, 0) is 27.7 Å². The molecule has 2 aromatic heterocycles. The average molecular weight is 487 g/mol. The number of hydrogen-bond acceptors (Lipinski definition) is 8. The number of H-pyrrole nitrogens is 2. The summed E-state index contributed by atoms with van der Waals surface area (Å²) < 4.78 is 0. The first-order valence-electron chi connectivity index (χ1n) is 4.57. The van der Waals surface area contributed by atoms with Crippen LogP contribution in [0.4, 0.5) is 0 Å². The van der Waals surface area contributed by atoms with Gasteiger partial charge in [0.25, 0.3) is 11.1 Å². The summed E-state index contributed by atoms with van der Waals surface area (Å²) in [7, 11) is 0. The second kappa shape index (κ2) is 10.1. The van der Waals surface area contributed by atoms with Crippen molar-refractivity contribution >= 4 is 23.5 Å². The normalized spacial score (nSPS) is 8.95. The van der Waals surface area contributed by atoms with Crippen molar-refractivity contribution in [2.24, 2.45) is 0 Å². The van der Waals surface area contributed by atoms with Crippen LogP contribution in [0.1, 0.15) is 0 Å². The fourth-order valence-electron chi connectivity index (χ4n) is 0.777. The Bertz CT molecular complexity index is 550. The molecular weight excluding hydrogens is 477 g/mol. The first-order valence-corrected chi connectivity index (χ1v) is 7.02. The van der Waals surface area contributed by atoms with Crippen molar-refractivity contribution in [2.45, 2.75) is 10.3 Å². The molecule has 2 aromatic rings. The van der Waals surface area contributed by atoms with Gasteiger partial charge in [0.2, 0.25) is 0 Å². The summed E-state index contributed by atoms with van der Waals surface area (Å²) in [6.45, 7) is 0. The van der Waals surface area contributed by atoms with Gasteiger partial charge in [-0.2, -0.15) is 10.2 Å². The molecule has 0 aromatic carbocycles. The molecule has 0 aliphatic heterocycles. The van der Waals surface area contributed by atoms with E-state index in [-0.39, 0.29) is 38.8 Å². The van der Waals surface area contributed by atoms with Crippen LogP contribution < -0.4 is 11.1 Å². The minimum atomic E-state index is -0.214. The number of aromatic nitrogens is 6. The maximum Gasteiger partial charge on any atom is 0.270 e. The summed E-state index contributed by atoms with van der Waals surface area (Å²) in [6, 6.07) is 0. The molecule has 0 aliphatic rings. The predicted octanol–water partition coefficient (Wildman–Crippen LogP) is -0.229. The number of thioether (sulfide) groups is 2. The van der Waals surface area contributed by atoms with Gasteiger partial charge >= 0.3 is 0 Å². The Balaban J connectivity index is 0.000000324. The molecule has 8 nitrogen and oxygen atoms in total. The molecular formula is C8H10HgN6O2S2. The van der Waals surface area contributed by atoms with E-state index in [0.717, 1.165) is 12.4 Å². The maximum atomic E-state index is 10.5. The molecule has 0 radical (unpaired) electrons. The van der Waals surface area contributed by atoms with E-state index in [1.807, 2.05) is 12.5 Å². The molecule has 0 atom stereocenters. The summed E-state index contributed by atoms with van der Waals surface area (Å²) in [5.41, 5.74) is -0.427.